The zero-order valence-electron chi connectivity index (χ0n) is 8.45. The molecule has 1 aromatic carbocycles. The van der Waals surface area contributed by atoms with Gasteiger partial charge in [0.15, 0.2) is 0 Å². The first-order chi connectivity index (χ1) is 7.24. The van der Waals surface area contributed by atoms with Crippen LogP contribution in [0.25, 0.3) is 10.9 Å². The van der Waals surface area contributed by atoms with E-state index in [1.807, 2.05) is 24.3 Å². The van der Waals surface area contributed by atoms with Gasteiger partial charge in [-0.2, -0.15) is 0 Å². The van der Waals surface area contributed by atoms with E-state index in [-0.39, 0.29) is 0 Å². The fourth-order valence-corrected chi connectivity index (χ4v) is 1.74. The molecule has 4 heteroatoms. The first-order valence-corrected chi connectivity index (χ1v) is 5.22. The summed E-state index contributed by atoms with van der Waals surface area (Å²) < 4.78 is 11.2. The Hall–Kier alpha value is -1.29. The summed E-state index contributed by atoms with van der Waals surface area (Å²) in [5.74, 6) is 1.48. The van der Waals surface area contributed by atoms with Gasteiger partial charge in [-0.1, -0.05) is 0 Å². The van der Waals surface area contributed by atoms with Gasteiger partial charge in [-0.3, -0.25) is 0 Å². The average molecular weight is 268 g/mol. The maximum absolute atomic E-state index is 5.26. The highest BCUT2D eigenvalue weighted by atomic mass is 79.9. The smallest absolute Gasteiger partial charge is 0.148 e. The van der Waals surface area contributed by atoms with Crippen LogP contribution in [0.5, 0.6) is 11.5 Å². The van der Waals surface area contributed by atoms with E-state index >= 15 is 0 Å². The number of fused-ring (bicyclic) bond motifs is 1. The first kappa shape index (κ1) is 10.2. The van der Waals surface area contributed by atoms with Crippen LogP contribution in [0.1, 0.15) is 0 Å². The van der Waals surface area contributed by atoms with E-state index in [0.717, 1.165) is 21.3 Å². The zero-order valence-corrected chi connectivity index (χ0v) is 10.0. The molecule has 0 unspecified atom stereocenters. The summed E-state index contributed by atoms with van der Waals surface area (Å²) in [7, 11) is 3.25. The van der Waals surface area contributed by atoms with E-state index in [1.165, 1.54) is 0 Å². The van der Waals surface area contributed by atoms with Crippen molar-refractivity contribution in [2.24, 2.45) is 0 Å². The van der Waals surface area contributed by atoms with Gasteiger partial charge in [0.05, 0.1) is 14.2 Å². The van der Waals surface area contributed by atoms with Crippen LogP contribution in [0.3, 0.4) is 0 Å². The van der Waals surface area contributed by atoms with Crippen molar-refractivity contribution < 1.29 is 9.47 Å². The highest BCUT2D eigenvalue weighted by molar-refractivity contribution is 9.10. The molecule has 3 nitrogen and oxygen atoms in total. The number of methoxy groups -OCH3 is 2. The van der Waals surface area contributed by atoms with Gasteiger partial charge >= 0.3 is 0 Å². The van der Waals surface area contributed by atoms with E-state index in [9.17, 15) is 0 Å². The van der Waals surface area contributed by atoms with Crippen molar-refractivity contribution in [1.82, 2.24) is 4.98 Å². The molecule has 0 fully saturated rings. The molecular weight excluding hydrogens is 258 g/mol. The van der Waals surface area contributed by atoms with Crippen molar-refractivity contribution in [3.63, 3.8) is 0 Å². The molecule has 0 saturated carbocycles. The van der Waals surface area contributed by atoms with Crippen molar-refractivity contribution in [2.75, 3.05) is 14.2 Å². The lowest BCUT2D eigenvalue weighted by Gasteiger charge is -2.07. The number of pyridine rings is 1. The van der Waals surface area contributed by atoms with Gasteiger partial charge in [-0.15, -0.1) is 0 Å². The van der Waals surface area contributed by atoms with Crippen molar-refractivity contribution in [3.8, 4) is 11.5 Å². The molecule has 0 amide bonds. The molecule has 1 heterocycles. The lowest BCUT2D eigenvalue weighted by Crippen LogP contribution is -1.90. The Morgan fingerprint density at radius 3 is 2.60 bits per heavy atom. The Kier molecular flexibility index (Phi) is 2.77. The largest absolute Gasteiger partial charge is 0.497 e. The molecule has 0 N–H and O–H groups in total. The number of nitrogens with zero attached hydrogens (tertiary/aromatic N) is 1. The summed E-state index contributed by atoms with van der Waals surface area (Å²) in [5, 5.41) is 0.995. The lowest BCUT2D eigenvalue weighted by atomic mass is 10.2. The second kappa shape index (κ2) is 4.06. The molecule has 78 valence electrons. The molecule has 15 heavy (non-hydrogen) atoms. The van der Waals surface area contributed by atoms with Crippen molar-refractivity contribution in [3.05, 3.63) is 28.9 Å². The van der Waals surface area contributed by atoms with Gasteiger partial charge in [0.1, 0.15) is 21.6 Å². The summed E-state index contributed by atoms with van der Waals surface area (Å²) in [4.78, 5) is 4.36. The normalized spacial score (nSPS) is 10.3. The van der Waals surface area contributed by atoms with Crippen molar-refractivity contribution in [2.45, 2.75) is 0 Å². The van der Waals surface area contributed by atoms with Gasteiger partial charge in [0, 0.05) is 11.5 Å². The molecule has 0 aliphatic rings. The molecule has 1 aromatic heterocycles. The predicted octanol–water partition coefficient (Wildman–Crippen LogP) is 3.01. The quantitative estimate of drug-likeness (QED) is 0.784. The zero-order chi connectivity index (χ0) is 10.8. The predicted molar refractivity (Wildman–Crippen MR) is 62.5 cm³/mol. The van der Waals surface area contributed by atoms with Crippen LogP contribution in [0.4, 0.5) is 0 Å². The lowest BCUT2D eigenvalue weighted by molar-refractivity contribution is 0.397. The number of hydrogen-bond acceptors (Lipinski definition) is 3. The minimum atomic E-state index is 0.714. The summed E-state index contributed by atoms with van der Waals surface area (Å²) >= 11 is 3.33. The van der Waals surface area contributed by atoms with E-state index in [4.69, 9.17) is 9.47 Å². The minimum Gasteiger partial charge on any atom is -0.497 e. The number of halogens is 1. The Balaban J connectivity index is 2.75. The topological polar surface area (TPSA) is 31.4 Å². The summed E-state index contributed by atoms with van der Waals surface area (Å²) in [6.07, 6.45) is 0. The SMILES string of the molecule is COc1cc(OC)c2nc(Br)ccc2c1. The maximum Gasteiger partial charge on any atom is 0.148 e. The van der Waals surface area contributed by atoms with E-state index in [2.05, 4.69) is 20.9 Å². The second-order valence-electron chi connectivity index (χ2n) is 3.04. The van der Waals surface area contributed by atoms with E-state index < -0.39 is 0 Å². The summed E-state index contributed by atoms with van der Waals surface area (Å²) in [6.45, 7) is 0. The maximum atomic E-state index is 5.26. The van der Waals surface area contributed by atoms with Gasteiger partial charge < -0.3 is 9.47 Å². The highest BCUT2D eigenvalue weighted by Gasteiger charge is 2.06. The van der Waals surface area contributed by atoms with Crippen molar-refractivity contribution >= 4 is 26.8 Å². The van der Waals surface area contributed by atoms with Crippen LogP contribution in [0, 0.1) is 0 Å². The number of ether oxygens (including phenoxy) is 2. The molecular formula is C11H10BrNO2. The average Bonchev–Trinajstić information content (AvgIpc) is 2.27. The van der Waals surface area contributed by atoms with Crippen LogP contribution >= 0.6 is 15.9 Å². The standard InChI is InChI=1S/C11H10BrNO2/c1-14-8-5-7-3-4-10(12)13-11(7)9(6-8)15-2/h3-6H,1-2H3. The van der Waals surface area contributed by atoms with Gasteiger partial charge in [-0.05, 0) is 34.1 Å². The minimum absolute atomic E-state index is 0.714. The second-order valence-corrected chi connectivity index (χ2v) is 3.85. The Bertz CT molecular complexity index is 499. The van der Waals surface area contributed by atoms with Crippen molar-refractivity contribution in [1.29, 1.82) is 0 Å². The third-order valence-corrected chi connectivity index (χ3v) is 2.59. The van der Waals surface area contributed by atoms with Crippen LogP contribution in [-0.2, 0) is 0 Å². The number of aromatic nitrogens is 1. The molecule has 0 aliphatic heterocycles. The molecule has 0 saturated heterocycles. The molecule has 0 radical (unpaired) electrons. The first-order valence-electron chi connectivity index (χ1n) is 4.43. The molecule has 0 atom stereocenters. The van der Waals surface area contributed by atoms with Gasteiger partial charge in [0.2, 0.25) is 0 Å². The third-order valence-electron chi connectivity index (χ3n) is 2.15. The van der Waals surface area contributed by atoms with Crippen LogP contribution < -0.4 is 9.47 Å². The monoisotopic (exact) mass is 267 g/mol. The molecule has 0 bridgehead atoms. The number of hydrogen-bond donors (Lipinski definition) is 0. The summed E-state index contributed by atoms with van der Waals surface area (Å²) in [6, 6.07) is 7.61. The van der Waals surface area contributed by atoms with Gasteiger partial charge in [0.25, 0.3) is 0 Å². The Morgan fingerprint density at radius 2 is 1.93 bits per heavy atom. The third kappa shape index (κ3) is 1.90. The molecule has 0 spiro atoms. The fourth-order valence-electron chi connectivity index (χ4n) is 1.43. The van der Waals surface area contributed by atoms with Crippen LogP contribution in [0.15, 0.2) is 28.9 Å². The highest BCUT2D eigenvalue weighted by Crippen LogP contribution is 2.30. The molecule has 2 rings (SSSR count). The van der Waals surface area contributed by atoms with Crippen LogP contribution in [0.2, 0.25) is 0 Å². The summed E-state index contributed by atoms with van der Waals surface area (Å²) in [5.41, 5.74) is 0.827. The molecule has 0 aliphatic carbocycles. The van der Waals surface area contributed by atoms with Gasteiger partial charge in [-0.25, -0.2) is 4.98 Å². The van der Waals surface area contributed by atoms with E-state index in [1.54, 1.807) is 14.2 Å². The van der Waals surface area contributed by atoms with E-state index in [0.29, 0.717) is 5.75 Å². The number of benzene rings is 1. The molecule has 2 aromatic rings. The van der Waals surface area contributed by atoms with Crippen LogP contribution in [-0.4, -0.2) is 19.2 Å². The Labute approximate surface area is 96.2 Å². The fraction of sp³-hybridized carbons (Fsp3) is 0.182. The number of rotatable bonds is 2. The Morgan fingerprint density at radius 1 is 1.13 bits per heavy atom.